The number of rotatable bonds is 2. The Hall–Kier alpha value is 0.218. The quantitative estimate of drug-likeness (QED) is 0.645. The van der Waals surface area contributed by atoms with Gasteiger partial charge in [-0.25, -0.2) is 0 Å². The van der Waals surface area contributed by atoms with Crippen LogP contribution in [0.25, 0.3) is 0 Å². The molecule has 14 heavy (non-hydrogen) atoms. The topological polar surface area (TPSA) is 24.7 Å². The van der Waals surface area contributed by atoms with E-state index in [1.54, 1.807) is 0 Å². The van der Waals surface area contributed by atoms with Crippen LogP contribution in [0.3, 0.4) is 0 Å². The summed E-state index contributed by atoms with van der Waals surface area (Å²) in [6.45, 7) is 11.7. The van der Waals surface area contributed by atoms with Crippen LogP contribution < -0.4 is 0 Å². The van der Waals surface area contributed by atoms with Crippen molar-refractivity contribution >= 4 is 0 Å². The van der Waals surface area contributed by atoms with Crippen LogP contribution in [0.4, 0.5) is 3.16 Å². The Bertz CT molecular complexity index is 245. The van der Waals surface area contributed by atoms with Gasteiger partial charge in [-0.1, -0.05) is 0 Å². The van der Waals surface area contributed by atoms with Crippen LogP contribution in [0.2, 0.25) is 0 Å². The Morgan fingerprint density at radius 1 is 1.07 bits per heavy atom. The first kappa shape index (κ1) is 16.6. The van der Waals surface area contributed by atoms with Crippen LogP contribution in [0.15, 0.2) is 6.99 Å². The minimum atomic E-state index is -3.25. The van der Waals surface area contributed by atoms with Gasteiger partial charge in [-0.3, -0.25) is 0 Å². The second kappa shape index (κ2) is 5.95. The van der Waals surface area contributed by atoms with Crippen LogP contribution in [0.1, 0.15) is 48.0 Å². The maximum Gasteiger partial charge on any atom is -0.358 e. The number of hydrogen-bond acceptors (Lipinski definition) is 2. The molecule has 0 aliphatic rings. The van der Waals surface area contributed by atoms with Crippen molar-refractivity contribution in [3.05, 3.63) is 7.43 Å². The SMILES string of the molecule is CCC(C)(C)[N]=[W]([F])=[N]C(C)(C)C.[CH3-]. The molecule has 0 saturated heterocycles. The van der Waals surface area contributed by atoms with Crippen molar-refractivity contribution in [2.45, 2.75) is 59.0 Å². The van der Waals surface area contributed by atoms with Gasteiger partial charge in [-0.2, -0.15) is 0 Å². The zero-order chi connectivity index (χ0) is 10.7. The second-order valence-electron chi connectivity index (χ2n) is 4.74. The van der Waals surface area contributed by atoms with Crippen molar-refractivity contribution in [3.63, 3.8) is 0 Å². The predicted molar refractivity (Wildman–Crippen MR) is 56.5 cm³/mol. The van der Waals surface area contributed by atoms with E-state index in [1.807, 2.05) is 41.5 Å². The Balaban J connectivity index is 0. The van der Waals surface area contributed by atoms with Gasteiger partial charge >= 0.3 is 86.7 Å². The van der Waals surface area contributed by atoms with Gasteiger partial charge in [0, 0.05) is 0 Å². The summed E-state index contributed by atoms with van der Waals surface area (Å²) in [7, 11) is 0. The van der Waals surface area contributed by atoms with Crippen LogP contribution in [0, 0.1) is 7.43 Å². The molecule has 0 radical (unpaired) electrons. The molecule has 0 aliphatic heterocycles. The van der Waals surface area contributed by atoms with Gasteiger partial charge in [0.15, 0.2) is 0 Å². The first-order valence-corrected chi connectivity index (χ1v) is 8.26. The average Bonchev–Trinajstić information content (AvgIpc) is 1.81. The molecule has 0 fully saturated rings. The molecule has 0 aromatic heterocycles. The van der Waals surface area contributed by atoms with Crippen LogP contribution >= 0.6 is 0 Å². The van der Waals surface area contributed by atoms with Crippen molar-refractivity contribution in [3.8, 4) is 0 Å². The Morgan fingerprint density at radius 2 is 1.50 bits per heavy atom. The molecular formula is C10H23FN2W-. The van der Waals surface area contributed by atoms with Gasteiger partial charge in [-0.15, -0.1) is 0 Å². The van der Waals surface area contributed by atoms with Gasteiger partial charge in [-0.05, 0) is 0 Å². The van der Waals surface area contributed by atoms with Crippen LogP contribution in [-0.2, 0) is 17.5 Å². The molecule has 0 spiro atoms. The molecule has 0 amide bonds. The third kappa shape index (κ3) is 8.80. The first-order valence-electron chi connectivity index (χ1n) is 4.53. The molecule has 4 heteroatoms. The summed E-state index contributed by atoms with van der Waals surface area (Å²) < 4.78 is 21.7. The summed E-state index contributed by atoms with van der Waals surface area (Å²) >= 11 is -3.25. The van der Waals surface area contributed by atoms with E-state index in [4.69, 9.17) is 0 Å². The van der Waals surface area contributed by atoms with Gasteiger partial charge in [0.05, 0.1) is 0 Å². The molecule has 0 aromatic rings. The fraction of sp³-hybridized carbons (Fsp3) is 0.900. The van der Waals surface area contributed by atoms with Gasteiger partial charge in [0.25, 0.3) is 0 Å². The standard InChI is InChI=1S/C5H11N.C4H9N.CH3.FH.W/c1-4-5(2,3)6;1-4(2,3)5;;;/h4H2,1-3H3;1-3H3;1H3;1H;/q;;-1;;+1/p-1. The van der Waals surface area contributed by atoms with Crippen molar-refractivity contribution in [2.75, 3.05) is 0 Å². The third-order valence-corrected chi connectivity index (χ3v) is 6.36. The zero-order valence-corrected chi connectivity index (χ0v) is 13.3. The maximum absolute atomic E-state index is 13.4. The maximum atomic E-state index is 13.4. The summed E-state index contributed by atoms with van der Waals surface area (Å²) in [5.74, 6) is 0. The zero-order valence-electron chi connectivity index (χ0n) is 10.4. The molecule has 0 unspecified atom stereocenters. The summed E-state index contributed by atoms with van der Waals surface area (Å²) in [6.07, 6.45) is 0.875. The van der Waals surface area contributed by atoms with Crippen molar-refractivity contribution in [2.24, 2.45) is 6.99 Å². The molecule has 0 aromatic carbocycles. The molecule has 0 heterocycles. The fourth-order valence-electron chi connectivity index (χ4n) is 0.515. The normalized spacial score (nSPS) is 14.1. The van der Waals surface area contributed by atoms with E-state index in [0.29, 0.717) is 0 Å². The smallest absolute Gasteiger partial charge is 0.358 e. The summed E-state index contributed by atoms with van der Waals surface area (Å²) in [4.78, 5) is 0. The molecule has 2 nitrogen and oxygen atoms in total. The minimum absolute atomic E-state index is 0. The van der Waals surface area contributed by atoms with Gasteiger partial charge in [0.1, 0.15) is 0 Å². The average molecular weight is 374 g/mol. The summed E-state index contributed by atoms with van der Waals surface area (Å²) in [5, 5.41) is 0. The van der Waals surface area contributed by atoms with E-state index < -0.39 is 17.5 Å². The monoisotopic (exact) mass is 374 g/mol. The van der Waals surface area contributed by atoms with E-state index in [2.05, 4.69) is 6.99 Å². The molecule has 0 atom stereocenters. The molecule has 0 aliphatic carbocycles. The Kier molecular flexibility index (Phi) is 7.07. The second-order valence-corrected chi connectivity index (χ2v) is 7.63. The van der Waals surface area contributed by atoms with Crippen molar-refractivity contribution < 1.29 is 20.6 Å². The summed E-state index contributed by atoms with van der Waals surface area (Å²) in [5.41, 5.74) is -0.493. The van der Waals surface area contributed by atoms with E-state index in [1.165, 1.54) is 0 Å². The Labute approximate surface area is 94.2 Å². The molecule has 0 bridgehead atoms. The predicted octanol–water partition coefficient (Wildman–Crippen LogP) is 4.29. The fourth-order valence-corrected chi connectivity index (χ4v) is 4.21. The van der Waals surface area contributed by atoms with Gasteiger partial charge < -0.3 is 7.43 Å². The van der Waals surface area contributed by atoms with E-state index in [-0.39, 0.29) is 18.5 Å². The summed E-state index contributed by atoms with van der Waals surface area (Å²) in [6, 6.07) is 0. The molecule has 0 rings (SSSR count). The molecule has 87 valence electrons. The minimum Gasteiger partial charge on any atom is -0.358 e. The number of halogens is 1. The first-order chi connectivity index (χ1) is 5.66. The number of hydrogen-bond donors (Lipinski definition) is 0. The van der Waals surface area contributed by atoms with E-state index >= 15 is 0 Å². The Morgan fingerprint density at radius 3 is 1.79 bits per heavy atom. The van der Waals surface area contributed by atoms with Crippen LogP contribution in [-0.4, -0.2) is 11.1 Å². The van der Waals surface area contributed by atoms with Gasteiger partial charge in [0.2, 0.25) is 0 Å². The molecule has 0 saturated carbocycles. The molecular weight excluding hydrogens is 351 g/mol. The van der Waals surface area contributed by atoms with Crippen molar-refractivity contribution in [1.29, 1.82) is 0 Å². The third-order valence-electron chi connectivity index (χ3n) is 1.54. The molecule has 0 N–H and O–H groups in total. The van der Waals surface area contributed by atoms with E-state index in [9.17, 15) is 3.16 Å². The van der Waals surface area contributed by atoms with Crippen LogP contribution in [0.5, 0.6) is 0 Å². The van der Waals surface area contributed by atoms with E-state index in [0.717, 1.165) is 6.42 Å². The van der Waals surface area contributed by atoms with Crippen molar-refractivity contribution in [1.82, 2.24) is 0 Å². The number of nitrogens with zero attached hydrogens (tertiary/aromatic N) is 2. The largest absolute Gasteiger partial charge is 0.358 e.